The van der Waals surface area contributed by atoms with E-state index in [9.17, 15) is 9.59 Å². The number of amides is 1. The Bertz CT molecular complexity index is 707. The summed E-state index contributed by atoms with van der Waals surface area (Å²) in [4.78, 5) is 29.3. The van der Waals surface area contributed by atoms with Crippen LogP contribution in [-0.2, 0) is 20.8 Å². The molecule has 1 amide bonds. The molecule has 2 saturated heterocycles. The lowest BCUT2D eigenvalue weighted by atomic mass is 9.77. The molecule has 2 atom stereocenters. The zero-order valence-electron chi connectivity index (χ0n) is 17.8. The minimum Gasteiger partial charge on any atom is -0.466 e. The van der Waals surface area contributed by atoms with Crippen molar-refractivity contribution in [2.45, 2.75) is 46.3 Å². The molecule has 162 valence electrons. The number of ether oxygens (including phenoxy) is 2. The lowest BCUT2D eigenvalue weighted by Crippen LogP contribution is -2.41. The highest BCUT2D eigenvalue weighted by molar-refractivity contribution is 5.85. The third-order valence-electron chi connectivity index (χ3n) is 5.58. The third-order valence-corrected chi connectivity index (χ3v) is 5.58. The molecule has 1 aromatic carbocycles. The second-order valence-electron chi connectivity index (χ2n) is 8.97. The first-order valence-electron chi connectivity index (χ1n) is 10.1. The van der Waals surface area contributed by atoms with Crippen LogP contribution in [0.4, 0.5) is 4.79 Å². The molecular formula is C22H33ClN2O4. The highest BCUT2D eigenvalue weighted by atomic mass is 35.5. The molecule has 2 aliphatic rings. The zero-order chi connectivity index (χ0) is 20.4. The molecule has 6 nitrogen and oxygen atoms in total. The van der Waals surface area contributed by atoms with Crippen LogP contribution in [0.3, 0.4) is 0 Å². The van der Waals surface area contributed by atoms with Gasteiger partial charge in [0.2, 0.25) is 0 Å². The van der Waals surface area contributed by atoms with Gasteiger partial charge in [0, 0.05) is 38.1 Å². The van der Waals surface area contributed by atoms with Crippen molar-refractivity contribution in [3.05, 3.63) is 35.9 Å². The van der Waals surface area contributed by atoms with Gasteiger partial charge in [0.25, 0.3) is 0 Å². The number of nitrogens with zero attached hydrogens (tertiary/aromatic N) is 2. The molecule has 2 fully saturated rings. The van der Waals surface area contributed by atoms with Crippen molar-refractivity contribution in [2.24, 2.45) is 11.3 Å². The van der Waals surface area contributed by atoms with Gasteiger partial charge < -0.3 is 14.4 Å². The summed E-state index contributed by atoms with van der Waals surface area (Å²) in [6.45, 7) is 11.2. The average molecular weight is 425 g/mol. The lowest BCUT2D eigenvalue weighted by molar-refractivity contribution is -0.150. The van der Waals surface area contributed by atoms with Gasteiger partial charge in [-0.1, -0.05) is 30.3 Å². The van der Waals surface area contributed by atoms with Crippen molar-refractivity contribution < 1.29 is 19.1 Å². The van der Waals surface area contributed by atoms with Gasteiger partial charge in [-0.05, 0) is 39.7 Å². The van der Waals surface area contributed by atoms with Gasteiger partial charge in [0.15, 0.2) is 0 Å². The summed E-state index contributed by atoms with van der Waals surface area (Å²) < 4.78 is 10.9. The molecular weight excluding hydrogens is 392 g/mol. The number of halogens is 1. The summed E-state index contributed by atoms with van der Waals surface area (Å²) in [5.74, 6) is -0.368. The molecule has 0 radical (unpaired) electrons. The third kappa shape index (κ3) is 5.64. The predicted molar refractivity (Wildman–Crippen MR) is 114 cm³/mol. The Morgan fingerprint density at radius 2 is 1.86 bits per heavy atom. The van der Waals surface area contributed by atoms with E-state index in [0.29, 0.717) is 26.2 Å². The highest BCUT2D eigenvalue weighted by Gasteiger charge is 2.55. The fourth-order valence-electron chi connectivity index (χ4n) is 4.39. The molecule has 2 unspecified atom stereocenters. The molecule has 1 spiro atoms. The number of benzene rings is 1. The molecule has 0 aliphatic carbocycles. The monoisotopic (exact) mass is 424 g/mol. The maximum absolute atomic E-state index is 12.7. The summed E-state index contributed by atoms with van der Waals surface area (Å²) in [6, 6.07) is 10.3. The maximum Gasteiger partial charge on any atom is 0.410 e. The van der Waals surface area contributed by atoms with Crippen molar-refractivity contribution in [2.75, 3.05) is 32.8 Å². The Morgan fingerprint density at radius 3 is 2.48 bits per heavy atom. The SMILES string of the molecule is CCOC(=O)C1CN(Cc2ccccc2)CC12CCN(C(=O)OC(C)(C)C)C2.Cl. The number of carbonyl (C=O) groups is 2. The van der Waals surface area contributed by atoms with Gasteiger partial charge in [-0.2, -0.15) is 0 Å². The Labute approximate surface area is 179 Å². The summed E-state index contributed by atoms with van der Waals surface area (Å²) >= 11 is 0. The topological polar surface area (TPSA) is 59.1 Å². The van der Waals surface area contributed by atoms with E-state index in [4.69, 9.17) is 9.47 Å². The van der Waals surface area contributed by atoms with E-state index in [1.54, 1.807) is 4.90 Å². The van der Waals surface area contributed by atoms with Gasteiger partial charge in [-0.25, -0.2) is 4.79 Å². The maximum atomic E-state index is 12.7. The van der Waals surface area contributed by atoms with Crippen LogP contribution in [0.15, 0.2) is 30.3 Å². The minimum atomic E-state index is -0.525. The molecule has 2 aliphatic heterocycles. The molecule has 29 heavy (non-hydrogen) atoms. The van der Waals surface area contributed by atoms with Crippen molar-refractivity contribution in [3.8, 4) is 0 Å². The number of hydrogen-bond acceptors (Lipinski definition) is 5. The first kappa shape index (κ1) is 23.5. The van der Waals surface area contributed by atoms with Crippen LogP contribution in [0.25, 0.3) is 0 Å². The lowest BCUT2D eigenvalue weighted by Gasteiger charge is -2.30. The van der Waals surface area contributed by atoms with E-state index >= 15 is 0 Å². The smallest absolute Gasteiger partial charge is 0.410 e. The summed E-state index contributed by atoms with van der Waals surface area (Å²) in [5.41, 5.74) is 0.435. The van der Waals surface area contributed by atoms with Crippen LogP contribution >= 0.6 is 12.4 Å². The van der Waals surface area contributed by atoms with Gasteiger partial charge in [-0.15, -0.1) is 12.4 Å². The minimum absolute atomic E-state index is 0. The molecule has 0 N–H and O–H groups in total. The summed E-state index contributed by atoms with van der Waals surface area (Å²) in [7, 11) is 0. The largest absolute Gasteiger partial charge is 0.466 e. The molecule has 0 saturated carbocycles. The van der Waals surface area contributed by atoms with Crippen LogP contribution in [0.5, 0.6) is 0 Å². The Morgan fingerprint density at radius 1 is 1.17 bits per heavy atom. The number of carbonyl (C=O) groups excluding carboxylic acids is 2. The summed E-state index contributed by atoms with van der Waals surface area (Å²) in [6.07, 6.45) is 0.495. The van der Waals surface area contributed by atoms with E-state index in [1.807, 2.05) is 45.9 Å². The molecule has 7 heteroatoms. The molecule has 2 heterocycles. The van der Waals surface area contributed by atoms with Crippen molar-refractivity contribution in [1.29, 1.82) is 0 Å². The molecule has 1 aromatic rings. The highest BCUT2D eigenvalue weighted by Crippen LogP contribution is 2.45. The van der Waals surface area contributed by atoms with E-state index in [2.05, 4.69) is 17.0 Å². The van der Waals surface area contributed by atoms with E-state index in [-0.39, 0.29) is 35.8 Å². The van der Waals surface area contributed by atoms with E-state index in [0.717, 1.165) is 19.5 Å². The van der Waals surface area contributed by atoms with E-state index < -0.39 is 5.60 Å². The zero-order valence-corrected chi connectivity index (χ0v) is 18.7. The predicted octanol–water partition coefficient (Wildman–Crippen LogP) is 3.73. The van der Waals surface area contributed by atoms with Crippen LogP contribution in [0, 0.1) is 11.3 Å². The van der Waals surface area contributed by atoms with Crippen LogP contribution < -0.4 is 0 Å². The first-order valence-corrected chi connectivity index (χ1v) is 10.1. The number of esters is 1. The average Bonchev–Trinajstić information content (AvgIpc) is 3.19. The Hall–Kier alpha value is -1.79. The van der Waals surface area contributed by atoms with Gasteiger partial charge in [-0.3, -0.25) is 9.69 Å². The van der Waals surface area contributed by atoms with Gasteiger partial charge >= 0.3 is 12.1 Å². The normalized spacial score (nSPS) is 24.4. The van der Waals surface area contributed by atoms with Crippen molar-refractivity contribution in [3.63, 3.8) is 0 Å². The van der Waals surface area contributed by atoms with Crippen LogP contribution in [0.2, 0.25) is 0 Å². The quantitative estimate of drug-likeness (QED) is 0.689. The van der Waals surface area contributed by atoms with Gasteiger partial charge in [0.1, 0.15) is 5.60 Å². The molecule has 3 rings (SSSR count). The fraction of sp³-hybridized carbons (Fsp3) is 0.636. The second-order valence-corrected chi connectivity index (χ2v) is 8.97. The van der Waals surface area contributed by atoms with Crippen LogP contribution in [-0.4, -0.2) is 60.2 Å². The van der Waals surface area contributed by atoms with Crippen molar-refractivity contribution in [1.82, 2.24) is 9.80 Å². The standard InChI is InChI=1S/C22H32N2O4.ClH/c1-5-27-19(25)18-14-23(13-17-9-7-6-8-10-17)15-22(18)11-12-24(16-22)20(26)28-21(2,3)4;/h6-10,18H,5,11-16H2,1-4H3;1H. The number of hydrogen-bond donors (Lipinski definition) is 0. The van der Waals surface area contributed by atoms with Crippen LogP contribution in [0.1, 0.15) is 39.7 Å². The molecule has 0 aromatic heterocycles. The summed E-state index contributed by atoms with van der Waals surface area (Å²) in [5, 5.41) is 0. The second kappa shape index (κ2) is 9.35. The Balaban J connectivity index is 0.00000300. The fourth-order valence-corrected chi connectivity index (χ4v) is 4.39. The van der Waals surface area contributed by atoms with Crippen molar-refractivity contribution >= 4 is 24.5 Å². The van der Waals surface area contributed by atoms with Gasteiger partial charge in [0.05, 0.1) is 12.5 Å². The first-order chi connectivity index (χ1) is 13.2. The van der Waals surface area contributed by atoms with E-state index in [1.165, 1.54) is 5.56 Å². The Kier molecular flexibility index (Phi) is 7.57. The molecule has 0 bridgehead atoms. The number of rotatable bonds is 4. The number of likely N-dealkylation sites (tertiary alicyclic amines) is 2.